The topological polar surface area (TPSA) is 9.23 Å². The van der Waals surface area contributed by atoms with Crippen molar-refractivity contribution < 1.29 is 4.43 Å². The largest absolute Gasteiger partial charge is 0.413 e. The molecule has 0 bridgehead atoms. The summed E-state index contributed by atoms with van der Waals surface area (Å²) in [6.07, 6.45) is 15.5. The van der Waals surface area contributed by atoms with Crippen molar-refractivity contribution in [2.24, 2.45) is 11.8 Å². The average Bonchev–Trinajstić information content (AvgIpc) is 2.65. The summed E-state index contributed by atoms with van der Waals surface area (Å²) in [6, 6.07) is 8.47. The van der Waals surface area contributed by atoms with E-state index < -0.39 is 8.32 Å². The van der Waals surface area contributed by atoms with Crippen molar-refractivity contribution in [3.63, 3.8) is 0 Å². The molecule has 0 amide bonds. The first-order valence-electron chi connectivity index (χ1n) is 10.9. The minimum atomic E-state index is -1.45. The molecule has 2 heteroatoms. The first-order valence-corrected chi connectivity index (χ1v) is 14.3. The molecule has 1 aromatic carbocycles. The standard InChI is InChI=1S/C25H38OSi/c1-5-6-7-10-22-13-15-23(16-14-22)11-8-9-12-24-17-19-25(20-18-24)21-26-27(2,3)4/h8,11,17-20,22-23H,5-7,10,13-16,21H2,1-4H3. The lowest BCUT2D eigenvalue weighted by molar-refractivity contribution is 0.289. The molecular formula is C25H38OSi. The monoisotopic (exact) mass is 382 g/mol. The summed E-state index contributed by atoms with van der Waals surface area (Å²) in [7, 11) is -1.45. The molecule has 0 N–H and O–H groups in total. The Bertz CT molecular complexity index is 619. The molecule has 148 valence electrons. The van der Waals surface area contributed by atoms with E-state index in [1.54, 1.807) is 0 Å². The van der Waals surface area contributed by atoms with Crippen molar-refractivity contribution in [3.05, 3.63) is 47.5 Å². The van der Waals surface area contributed by atoms with Crippen molar-refractivity contribution >= 4 is 8.32 Å². The van der Waals surface area contributed by atoms with E-state index >= 15 is 0 Å². The van der Waals surface area contributed by atoms with E-state index in [0.717, 1.165) is 17.4 Å². The van der Waals surface area contributed by atoms with Crippen LogP contribution in [0.4, 0.5) is 0 Å². The van der Waals surface area contributed by atoms with Crippen LogP contribution in [0, 0.1) is 23.7 Å². The van der Waals surface area contributed by atoms with Gasteiger partial charge in [-0.2, -0.15) is 0 Å². The molecule has 0 radical (unpaired) electrons. The Morgan fingerprint density at radius 2 is 1.74 bits per heavy atom. The Morgan fingerprint density at radius 1 is 1.04 bits per heavy atom. The molecule has 2 rings (SSSR count). The second-order valence-electron chi connectivity index (χ2n) is 9.00. The van der Waals surface area contributed by atoms with Crippen LogP contribution in [0.25, 0.3) is 0 Å². The van der Waals surface area contributed by atoms with Gasteiger partial charge in [0.05, 0.1) is 6.61 Å². The molecule has 0 heterocycles. The van der Waals surface area contributed by atoms with Crippen molar-refractivity contribution in [1.29, 1.82) is 0 Å². The van der Waals surface area contributed by atoms with Gasteiger partial charge in [-0.3, -0.25) is 0 Å². The van der Waals surface area contributed by atoms with Crippen LogP contribution in [-0.2, 0) is 11.0 Å². The van der Waals surface area contributed by atoms with E-state index in [0.29, 0.717) is 6.61 Å². The number of hydrogen-bond acceptors (Lipinski definition) is 1. The van der Waals surface area contributed by atoms with E-state index in [2.05, 4.69) is 74.8 Å². The number of unbranched alkanes of at least 4 members (excludes halogenated alkanes) is 2. The van der Waals surface area contributed by atoms with Crippen LogP contribution in [-0.4, -0.2) is 8.32 Å². The minimum Gasteiger partial charge on any atom is -0.413 e. The second-order valence-corrected chi connectivity index (χ2v) is 13.5. The maximum atomic E-state index is 5.95. The van der Waals surface area contributed by atoms with Gasteiger partial charge in [0.2, 0.25) is 0 Å². The fourth-order valence-corrected chi connectivity index (χ4v) is 4.25. The third-order valence-electron chi connectivity index (χ3n) is 5.40. The van der Waals surface area contributed by atoms with Gasteiger partial charge in [0.1, 0.15) is 0 Å². The summed E-state index contributed by atoms with van der Waals surface area (Å²) in [5.41, 5.74) is 2.31. The highest BCUT2D eigenvalue weighted by Gasteiger charge is 2.18. The lowest BCUT2D eigenvalue weighted by Gasteiger charge is -2.26. The van der Waals surface area contributed by atoms with Gasteiger partial charge in [-0.1, -0.05) is 62.7 Å². The van der Waals surface area contributed by atoms with Gasteiger partial charge in [0.25, 0.3) is 0 Å². The van der Waals surface area contributed by atoms with Crippen LogP contribution in [0.3, 0.4) is 0 Å². The first kappa shape index (κ1) is 22.0. The fourth-order valence-electron chi connectivity index (χ4n) is 3.65. The molecule has 0 saturated heterocycles. The van der Waals surface area contributed by atoms with E-state index in [1.165, 1.54) is 56.9 Å². The van der Waals surface area contributed by atoms with Crippen LogP contribution in [0.15, 0.2) is 36.4 Å². The summed E-state index contributed by atoms with van der Waals surface area (Å²) in [5.74, 6) is 8.20. The van der Waals surface area contributed by atoms with Gasteiger partial charge in [0, 0.05) is 5.56 Å². The van der Waals surface area contributed by atoms with E-state index in [9.17, 15) is 0 Å². The third kappa shape index (κ3) is 9.45. The van der Waals surface area contributed by atoms with Gasteiger partial charge in [0.15, 0.2) is 8.32 Å². The zero-order chi connectivity index (χ0) is 19.5. The molecular weight excluding hydrogens is 344 g/mol. The van der Waals surface area contributed by atoms with Gasteiger partial charge in [-0.15, -0.1) is 0 Å². The molecule has 0 aliphatic heterocycles. The van der Waals surface area contributed by atoms with Crippen molar-refractivity contribution in [2.45, 2.75) is 84.5 Å². The number of rotatable bonds is 8. The van der Waals surface area contributed by atoms with Crippen LogP contribution in [0.2, 0.25) is 19.6 Å². The van der Waals surface area contributed by atoms with Crippen LogP contribution in [0.5, 0.6) is 0 Å². The van der Waals surface area contributed by atoms with Crippen molar-refractivity contribution in [2.75, 3.05) is 0 Å². The summed E-state index contributed by atoms with van der Waals surface area (Å²) in [5, 5.41) is 0. The quantitative estimate of drug-likeness (QED) is 0.260. The summed E-state index contributed by atoms with van der Waals surface area (Å²) >= 11 is 0. The van der Waals surface area contributed by atoms with Crippen molar-refractivity contribution in [1.82, 2.24) is 0 Å². The van der Waals surface area contributed by atoms with Crippen LogP contribution in [0.1, 0.15) is 69.4 Å². The average molecular weight is 383 g/mol. The SMILES string of the molecule is CCCCCC1CCC(C=CC#Cc2ccc(CO[Si](C)(C)C)cc2)CC1. The van der Waals surface area contributed by atoms with E-state index in [1.807, 2.05) is 0 Å². The van der Waals surface area contributed by atoms with Gasteiger partial charge in [-0.25, -0.2) is 0 Å². The van der Waals surface area contributed by atoms with Gasteiger partial charge < -0.3 is 4.43 Å². The highest BCUT2D eigenvalue weighted by Crippen LogP contribution is 2.32. The molecule has 0 unspecified atom stereocenters. The summed E-state index contributed by atoms with van der Waals surface area (Å²) < 4.78 is 5.95. The lowest BCUT2D eigenvalue weighted by atomic mass is 9.79. The molecule has 27 heavy (non-hydrogen) atoms. The number of hydrogen-bond donors (Lipinski definition) is 0. The molecule has 1 aromatic rings. The van der Waals surface area contributed by atoms with E-state index in [4.69, 9.17) is 4.43 Å². The number of allylic oxidation sites excluding steroid dienone is 2. The van der Waals surface area contributed by atoms with Crippen LogP contribution < -0.4 is 0 Å². The third-order valence-corrected chi connectivity index (χ3v) is 6.41. The zero-order valence-electron chi connectivity index (χ0n) is 17.9. The predicted octanol–water partition coefficient (Wildman–Crippen LogP) is 7.33. The molecule has 1 nitrogen and oxygen atoms in total. The Kier molecular flexibility index (Phi) is 9.38. The van der Waals surface area contributed by atoms with E-state index in [-0.39, 0.29) is 0 Å². The summed E-state index contributed by atoms with van der Waals surface area (Å²) in [6.45, 7) is 9.67. The first-order chi connectivity index (χ1) is 13.0. The van der Waals surface area contributed by atoms with Gasteiger partial charge in [-0.05, 0) is 80.9 Å². The highest BCUT2D eigenvalue weighted by molar-refractivity contribution is 6.69. The summed E-state index contributed by atoms with van der Waals surface area (Å²) in [4.78, 5) is 0. The molecule has 0 spiro atoms. The van der Waals surface area contributed by atoms with Crippen molar-refractivity contribution in [3.8, 4) is 11.8 Å². The smallest absolute Gasteiger partial charge is 0.184 e. The lowest BCUT2D eigenvalue weighted by Crippen LogP contribution is -2.24. The Balaban J connectivity index is 1.72. The van der Waals surface area contributed by atoms with Gasteiger partial charge >= 0.3 is 0 Å². The molecule has 0 aromatic heterocycles. The maximum Gasteiger partial charge on any atom is 0.184 e. The zero-order valence-corrected chi connectivity index (χ0v) is 18.9. The molecule has 1 aliphatic rings. The predicted molar refractivity (Wildman–Crippen MR) is 120 cm³/mol. The van der Waals surface area contributed by atoms with Crippen LogP contribution >= 0.6 is 0 Å². The minimum absolute atomic E-state index is 0.713. The normalized spacial score (nSPS) is 20.4. The Hall–Kier alpha value is -1.30. The number of benzene rings is 1. The molecule has 1 fully saturated rings. The maximum absolute atomic E-state index is 5.95. The molecule has 1 aliphatic carbocycles. The molecule has 1 saturated carbocycles. The second kappa shape index (κ2) is 11.5. The molecule has 0 atom stereocenters. The Labute approximate surface area is 168 Å². The fraction of sp³-hybridized carbons (Fsp3) is 0.600. The highest BCUT2D eigenvalue weighted by atomic mass is 28.4. The Morgan fingerprint density at radius 3 is 2.37 bits per heavy atom.